The van der Waals surface area contributed by atoms with E-state index in [4.69, 9.17) is 0 Å². The topological polar surface area (TPSA) is 88.6 Å². The van der Waals surface area contributed by atoms with Gasteiger partial charge in [0.05, 0.1) is 23.2 Å². The molecule has 132 valence electrons. The quantitative estimate of drug-likeness (QED) is 0.625. The van der Waals surface area contributed by atoms with Crippen molar-refractivity contribution >= 4 is 44.5 Å². The van der Waals surface area contributed by atoms with E-state index < -0.39 is 5.92 Å². The number of esters is 1. The third kappa shape index (κ3) is 3.96. The van der Waals surface area contributed by atoms with Crippen LogP contribution in [0.1, 0.15) is 19.3 Å². The van der Waals surface area contributed by atoms with Crippen LogP contribution in [0.2, 0.25) is 0 Å². The van der Waals surface area contributed by atoms with Gasteiger partial charge in [-0.1, -0.05) is 23.5 Å². The number of carbonyl (C=O) groups is 3. The summed E-state index contributed by atoms with van der Waals surface area (Å²) in [5.74, 6) is -0.944. The van der Waals surface area contributed by atoms with E-state index in [0.29, 0.717) is 24.6 Å². The summed E-state index contributed by atoms with van der Waals surface area (Å²) in [6.07, 6.45) is 0.956. The molecule has 8 heteroatoms. The number of amides is 2. The third-order valence-electron chi connectivity index (χ3n) is 4.09. The van der Waals surface area contributed by atoms with E-state index in [2.05, 4.69) is 15.0 Å². The molecule has 1 aliphatic rings. The smallest absolute Gasteiger partial charge is 0.305 e. The second-order valence-electron chi connectivity index (χ2n) is 5.84. The number of thiazole rings is 1. The summed E-state index contributed by atoms with van der Waals surface area (Å²) in [6, 6.07) is 7.70. The van der Waals surface area contributed by atoms with Gasteiger partial charge >= 0.3 is 5.97 Å². The van der Waals surface area contributed by atoms with Crippen molar-refractivity contribution < 1.29 is 19.1 Å². The minimum absolute atomic E-state index is 0.0891. The number of benzene rings is 1. The van der Waals surface area contributed by atoms with Crippen molar-refractivity contribution in [3.05, 3.63) is 24.3 Å². The predicted molar refractivity (Wildman–Crippen MR) is 94.3 cm³/mol. The summed E-state index contributed by atoms with van der Waals surface area (Å²) in [5, 5.41) is 3.41. The molecule has 1 saturated heterocycles. The Balaban J connectivity index is 1.56. The van der Waals surface area contributed by atoms with Crippen LogP contribution in [0.5, 0.6) is 0 Å². The summed E-state index contributed by atoms with van der Waals surface area (Å²) in [4.78, 5) is 41.6. The number of hydrogen-bond acceptors (Lipinski definition) is 6. The fourth-order valence-electron chi connectivity index (χ4n) is 2.73. The summed E-state index contributed by atoms with van der Waals surface area (Å²) in [5.41, 5.74) is 0.853. The van der Waals surface area contributed by atoms with Gasteiger partial charge in [-0.3, -0.25) is 19.3 Å². The highest BCUT2D eigenvalue weighted by atomic mass is 32.1. The van der Waals surface area contributed by atoms with Crippen LogP contribution in [0.3, 0.4) is 0 Å². The molecule has 2 heterocycles. The molecule has 0 spiro atoms. The second kappa shape index (κ2) is 7.60. The molecule has 1 aliphatic heterocycles. The Morgan fingerprint density at radius 2 is 2.20 bits per heavy atom. The van der Waals surface area contributed by atoms with Crippen molar-refractivity contribution in [3.8, 4) is 0 Å². The number of aromatic nitrogens is 1. The van der Waals surface area contributed by atoms with E-state index in [0.717, 1.165) is 10.2 Å². The fourth-order valence-corrected chi connectivity index (χ4v) is 3.73. The lowest BCUT2D eigenvalue weighted by molar-refractivity contribution is -0.140. The first-order valence-corrected chi connectivity index (χ1v) is 8.90. The SMILES string of the molecule is COC(=O)CCCNC(=O)C1CC(=O)N(c2nc3ccccc3s2)C1. The van der Waals surface area contributed by atoms with Crippen molar-refractivity contribution in [3.63, 3.8) is 0 Å². The monoisotopic (exact) mass is 361 g/mol. The zero-order valence-corrected chi connectivity index (χ0v) is 14.7. The van der Waals surface area contributed by atoms with Gasteiger partial charge in [0.15, 0.2) is 5.13 Å². The van der Waals surface area contributed by atoms with Crippen molar-refractivity contribution in [2.45, 2.75) is 19.3 Å². The van der Waals surface area contributed by atoms with Gasteiger partial charge < -0.3 is 10.1 Å². The molecule has 0 aliphatic carbocycles. The number of fused-ring (bicyclic) bond motifs is 1. The molecule has 1 aromatic carbocycles. The molecule has 1 atom stereocenters. The van der Waals surface area contributed by atoms with Gasteiger partial charge in [-0.25, -0.2) is 4.98 Å². The van der Waals surface area contributed by atoms with Crippen LogP contribution in [0.25, 0.3) is 10.2 Å². The molecule has 2 amide bonds. The van der Waals surface area contributed by atoms with Gasteiger partial charge in [0.2, 0.25) is 11.8 Å². The average Bonchev–Trinajstić information content (AvgIpc) is 3.21. The largest absolute Gasteiger partial charge is 0.469 e. The van der Waals surface area contributed by atoms with Gasteiger partial charge in [-0.15, -0.1) is 0 Å². The zero-order chi connectivity index (χ0) is 17.8. The van der Waals surface area contributed by atoms with Crippen LogP contribution >= 0.6 is 11.3 Å². The molecular weight excluding hydrogens is 342 g/mol. The number of anilines is 1. The molecule has 25 heavy (non-hydrogen) atoms. The molecule has 0 saturated carbocycles. The Labute approximate surface area is 149 Å². The van der Waals surface area contributed by atoms with Crippen molar-refractivity contribution in [2.24, 2.45) is 5.92 Å². The standard InChI is InChI=1S/C17H19N3O4S/c1-24-15(22)7-4-8-18-16(23)11-9-14(21)20(10-11)17-19-12-5-2-3-6-13(12)25-17/h2-3,5-6,11H,4,7-10H2,1H3,(H,18,23). The maximum Gasteiger partial charge on any atom is 0.305 e. The molecule has 3 rings (SSSR count). The number of methoxy groups -OCH3 is 1. The highest BCUT2D eigenvalue weighted by molar-refractivity contribution is 7.22. The van der Waals surface area contributed by atoms with E-state index >= 15 is 0 Å². The molecule has 1 fully saturated rings. The number of hydrogen-bond donors (Lipinski definition) is 1. The van der Waals surface area contributed by atoms with Crippen molar-refractivity contribution in [1.82, 2.24) is 10.3 Å². The lowest BCUT2D eigenvalue weighted by Crippen LogP contribution is -2.33. The van der Waals surface area contributed by atoms with Crippen LogP contribution in [0, 0.1) is 5.92 Å². The van der Waals surface area contributed by atoms with Crippen LogP contribution < -0.4 is 10.2 Å². The minimum atomic E-state index is -0.391. The van der Waals surface area contributed by atoms with E-state index in [1.807, 2.05) is 24.3 Å². The molecule has 1 N–H and O–H groups in total. The van der Waals surface area contributed by atoms with Gasteiger partial charge in [-0.05, 0) is 18.6 Å². The predicted octanol–water partition coefficient (Wildman–Crippen LogP) is 1.72. The number of para-hydroxylation sites is 1. The molecular formula is C17H19N3O4S. The zero-order valence-electron chi connectivity index (χ0n) is 13.9. The molecule has 1 aromatic heterocycles. The number of carbonyl (C=O) groups excluding carboxylic acids is 3. The Kier molecular flexibility index (Phi) is 5.28. The number of rotatable bonds is 6. The Hall–Kier alpha value is -2.48. The van der Waals surface area contributed by atoms with Gasteiger partial charge in [-0.2, -0.15) is 0 Å². The number of nitrogens with one attached hydrogen (secondary N) is 1. The van der Waals surface area contributed by atoms with Crippen LogP contribution in [-0.2, 0) is 19.1 Å². The minimum Gasteiger partial charge on any atom is -0.469 e. The van der Waals surface area contributed by atoms with E-state index in [1.54, 1.807) is 4.90 Å². The average molecular weight is 361 g/mol. The maximum atomic E-state index is 12.3. The molecule has 1 unspecified atom stereocenters. The molecule has 2 aromatic rings. The van der Waals surface area contributed by atoms with Gasteiger partial charge in [0.25, 0.3) is 0 Å². The van der Waals surface area contributed by atoms with E-state index in [1.165, 1.54) is 18.4 Å². The van der Waals surface area contributed by atoms with Crippen LogP contribution in [0.15, 0.2) is 24.3 Å². The first kappa shape index (κ1) is 17.3. The number of ether oxygens (including phenoxy) is 1. The normalized spacial score (nSPS) is 17.1. The molecule has 7 nitrogen and oxygen atoms in total. The van der Waals surface area contributed by atoms with Crippen molar-refractivity contribution in [2.75, 3.05) is 25.1 Å². The second-order valence-corrected chi connectivity index (χ2v) is 6.85. The van der Waals surface area contributed by atoms with E-state index in [-0.39, 0.29) is 30.6 Å². The molecule has 0 radical (unpaired) electrons. The van der Waals surface area contributed by atoms with Crippen LogP contribution in [-0.4, -0.2) is 43.0 Å². The summed E-state index contributed by atoms with van der Waals surface area (Å²) >= 11 is 1.45. The third-order valence-corrected chi connectivity index (χ3v) is 5.15. The van der Waals surface area contributed by atoms with Crippen LogP contribution in [0.4, 0.5) is 5.13 Å². The fraction of sp³-hybridized carbons (Fsp3) is 0.412. The van der Waals surface area contributed by atoms with Gasteiger partial charge in [0.1, 0.15) is 0 Å². The Morgan fingerprint density at radius 1 is 1.40 bits per heavy atom. The Bertz CT molecular complexity index is 771. The Morgan fingerprint density at radius 3 is 2.96 bits per heavy atom. The lowest BCUT2D eigenvalue weighted by atomic mass is 10.1. The highest BCUT2D eigenvalue weighted by Crippen LogP contribution is 2.32. The summed E-state index contributed by atoms with van der Waals surface area (Å²) in [7, 11) is 1.34. The molecule has 0 bridgehead atoms. The summed E-state index contributed by atoms with van der Waals surface area (Å²) < 4.78 is 5.57. The number of nitrogens with zero attached hydrogens (tertiary/aromatic N) is 2. The summed E-state index contributed by atoms with van der Waals surface area (Å²) in [6.45, 7) is 0.723. The lowest BCUT2D eigenvalue weighted by Gasteiger charge is -2.13. The van der Waals surface area contributed by atoms with Crippen molar-refractivity contribution in [1.29, 1.82) is 0 Å². The maximum absolute atomic E-state index is 12.3. The van der Waals surface area contributed by atoms with Gasteiger partial charge in [0, 0.05) is 25.9 Å². The first-order chi connectivity index (χ1) is 12.1. The highest BCUT2D eigenvalue weighted by Gasteiger charge is 2.36. The van der Waals surface area contributed by atoms with E-state index in [9.17, 15) is 14.4 Å². The first-order valence-electron chi connectivity index (χ1n) is 8.09.